The van der Waals surface area contributed by atoms with Crippen molar-refractivity contribution >= 4 is 28.9 Å². The molecule has 4 atom stereocenters. The van der Waals surface area contributed by atoms with Crippen LogP contribution in [-0.4, -0.2) is 17.6 Å². The van der Waals surface area contributed by atoms with E-state index in [9.17, 15) is 14.4 Å². The third-order valence-electron chi connectivity index (χ3n) is 7.36. The molecule has 2 aliphatic carbocycles. The monoisotopic (exact) mass is 445 g/mol. The first kappa shape index (κ1) is 20.5. The van der Waals surface area contributed by atoms with Crippen LogP contribution in [0.5, 0.6) is 0 Å². The van der Waals surface area contributed by atoms with Crippen molar-refractivity contribution in [2.24, 2.45) is 23.7 Å². The second kappa shape index (κ2) is 7.77. The van der Waals surface area contributed by atoms with Crippen molar-refractivity contribution in [3.05, 3.63) is 119 Å². The molecular formula is C30H23NO3. The van der Waals surface area contributed by atoms with Crippen LogP contribution in [0.2, 0.25) is 0 Å². The van der Waals surface area contributed by atoms with Crippen LogP contribution >= 0.6 is 0 Å². The van der Waals surface area contributed by atoms with Gasteiger partial charge in [-0.3, -0.25) is 14.4 Å². The summed E-state index contributed by atoms with van der Waals surface area (Å²) in [4.78, 5) is 40.2. The van der Waals surface area contributed by atoms with E-state index in [1.54, 1.807) is 24.3 Å². The zero-order valence-corrected chi connectivity index (χ0v) is 18.7. The summed E-state index contributed by atoms with van der Waals surface area (Å²) in [5, 5.41) is 0. The lowest BCUT2D eigenvalue weighted by molar-refractivity contribution is -0.122. The van der Waals surface area contributed by atoms with E-state index >= 15 is 0 Å². The van der Waals surface area contributed by atoms with Crippen molar-refractivity contribution in [1.82, 2.24) is 0 Å². The lowest BCUT2D eigenvalue weighted by atomic mass is 9.85. The Morgan fingerprint density at radius 2 is 1.12 bits per heavy atom. The molecule has 3 aliphatic rings. The van der Waals surface area contributed by atoms with Gasteiger partial charge in [-0.15, -0.1) is 0 Å². The van der Waals surface area contributed by atoms with Gasteiger partial charge in [0.15, 0.2) is 5.78 Å². The SMILES string of the molecule is CC(=O)c1ccc(N2C(=O)[C@@H]3[C@H](C2=O)[C@@H]2C=C[C@H]3C2=C(c2ccccc2)c2ccccc2)cc1. The summed E-state index contributed by atoms with van der Waals surface area (Å²) in [6.45, 7) is 1.50. The quantitative estimate of drug-likeness (QED) is 0.311. The molecule has 1 heterocycles. The highest BCUT2D eigenvalue weighted by Crippen LogP contribution is 2.58. The molecule has 4 nitrogen and oxygen atoms in total. The molecule has 0 spiro atoms. The number of hydrogen-bond acceptors (Lipinski definition) is 3. The van der Waals surface area contributed by atoms with Gasteiger partial charge in [0.1, 0.15) is 0 Å². The van der Waals surface area contributed by atoms with Gasteiger partial charge in [-0.1, -0.05) is 72.8 Å². The van der Waals surface area contributed by atoms with Crippen LogP contribution < -0.4 is 4.90 Å². The second-order valence-corrected chi connectivity index (χ2v) is 9.17. The van der Waals surface area contributed by atoms with Crippen molar-refractivity contribution in [3.63, 3.8) is 0 Å². The van der Waals surface area contributed by atoms with Gasteiger partial charge < -0.3 is 0 Å². The van der Waals surface area contributed by atoms with Gasteiger partial charge in [0.2, 0.25) is 11.8 Å². The molecule has 6 rings (SSSR count). The Labute approximate surface area is 198 Å². The lowest BCUT2D eigenvalue weighted by Crippen LogP contribution is -2.33. The van der Waals surface area contributed by atoms with E-state index in [4.69, 9.17) is 0 Å². The Morgan fingerprint density at radius 1 is 0.647 bits per heavy atom. The predicted molar refractivity (Wildman–Crippen MR) is 131 cm³/mol. The Kier molecular flexibility index (Phi) is 4.70. The smallest absolute Gasteiger partial charge is 0.238 e. The third kappa shape index (κ3) is 2.95. The number of anilines is 1. The Morgan fingerprint density at radius 3 is 1.56 bits per heavy atom. The van der Waals surface area contributed by atoms with E-state index < -0.39 is 11.8 Å². The molecule has 0 N–H and O–H groups in total. The fourth-order valence-corrected chi connectivity index (χ4v) is 5.91. The summed E-state index contributed by atoms with van der Waals surface area (Å²) < 4.78 is 0. The van der Waals surface area contributed by atoms with E-state index in [1.807, 2.05) is 36.4 Å². The largest absolute Gasteiger partial charge is 0.295 e. The van der Waals surface area contributed by atoms with Gasteiger partial charge in [0.25, 0.3) is 0 Å². The maximum absolute atomic E-state index is 13.6. The first-order chi connectivity index (χ1) is 16.6. The van der Waals surface area contributed by atoms with Crippen LogP contribution in [-0.2, 0) is 9.59 Å². The van der Waals surface area contributed by atoms with E-state index in [1.165, 1.54) is 17.4 Å². The summed E-state index contributed by atoms with van der Waals surface area (Å²) in [5.41, 5.74) is 5.57. The van der Waals surface area contributed by atoms with Crippen LogP contribution in [0, 0.1) is 23.7 Å². The van der Waals surface area contributed by atoms with Gasteiger partial charge in [-0.25, -0.2) is 4.90 Å². The lowest BCUT2D eigenvalue weighted by Gasteiger charge is -2.21. The van der Waals surface area contributed by atoms with Crippen molar-refractivity contribution in [3.8, 4) is 0 Å². The molecule has 166 valence electrons. The summed E-state index contributed by atoms with van der Waals surface area (Å²) in [6.07, 6.45) is 4.22. The maximum atomic E-state index is 13.6. The number of carbonyl (C=O) groups is 3. The zero-order chi connectivity index (χ0) is 23.4. The minimum absolute atomic E-state index is 0.0473. The van der Waals surface area contributed by atoms with Crippen LogP contribution in [0.15, 0.2) is 103 Å². The second-order valence-electron chi connectivity index (χ2n) is 9.17. The van der Waals surface area contributed by atoms with Gasteiger partial charge in [-0.2, -0.15) is 0 Å². The summed E-state index contributed by atoms with van der Waals surface area (Å²) in [7, 11) is 0. The predicted octanol–water partition coefficient (Wildman–Crippen LogP) is 5.31. The van der Waals surface area contributed by atoms with E-state index in [0.29, 0.717) is 11.3 Å². The minimum atomic E-state index is -0.396. The summed E-state index contributed by atoms with van der Waals surface area (Å²) in [5.74, 6) is -1.36. The van der Waals surface area contributed by atoms with Gasteiger partial charge in [-0.05, 0) is 53.5 Å². The number of imide groups is 1. The molecule has 0 radical (unpaired) electrons. The average molecular weight is 446 g/mol. The molecule has 0 unspecified atom stereocenters. The minimum Gasteiger partial charge on any atom is -0.295 e. The topological polar surface area (TPSA) is 54.5 Å². The number of rotatable bonds is 4. The van der Waals surface area contributed by atoms with E-state index in [2.05, 4.69) is 36.4 Å². The normalized spacial score (nSPS) is 24.6. The molecule has 1 aliphatic heterocycles. The van der Waals surface area contributed by atoms with Crippen LogP contribution in [0.4, 0.5) is 5.69 Å². The molecule has 1 saturated carbocycles. The number of carbonyl (C=O) groups excluding carboxylic acids is 3. The standard InChI is InChI=1S/C30H23NO3/c1-18(32)19-12-14-22(15-13-19)31-29(33)27-23-16-17-24(28(27)30(31)34)26(23)25(20-8-4-2-5-9-20)21-10-6-3-7-11-21/h2-17,23-24,27-28H,1H3/t23-,24+,27-,28+. The Bertz CT molecular complexity index is 1290. The van der Waals surface area contributed by atoms with Crippen LogP contribution in [0.25, 0.3) is 5.57 Å². The fraction of sp³-hybridized carbons (Fsp3) is 0.167. The molecule has 3 aromatic carbocycles. The Hall–Kier alpha value is -4.05. The fourth-order valence-electron chi connectivity index (χ4n) is 5.91. The molecule has 2 amide bonds. The highest BCUT2D eigenvalue weighted by molar-refractivity contribution is 6.23. The molecule has 2 fully saturated rings. The highest BCUT2D eigenvalue weighted by Gasteiger charge is 2.62. The number of allylic oxidation sites excluding steroid dienone is 3. The molecule has 0 aromatic heterocycles. The molecule has 2 bridgehead atoms. The van der Waals surface area contributed by atoms with Crippen molar-refractivity contribution in [1.29, 1.82) is 0 Å². The highest BCUT2D eigenvalue weighted by atomic mass is 16.2. The number of hydrogen-bond donors (Lipinski definition) is 0. The number of ketones is 1. The number of nitrogens with zero attached hydrogens (tertiary/aromatic N) is 1. The third-order valence-corrected chi connectivity index (χ3v) is 7.36. The first-order valence-electron chi connectivity index (χ1n) is 11.6. The number of fused-ring (bicyclic) bond motifs is 5. The molecule has 34 heavy (non-hydrogen) atoms. The molecule has 4 heteroatoms. The average Bonchev–Trinajstić information content (AvgIpc) is 3.50. The van der Waals surface area contributed by atoms with E-state index in [0.717, 1.165) is 16.7 Å². The van der Waals surface area contributed by atoms with Crippen molar-refractivity contribution in [2.75, 3.05) is 4.90 Å². The Balaban J connectivity index is 1.44. The van der Waals surface area contributed by atoms with Crippen LogP contribution in [0.1, 0.15) is 28.4 Å². The maximum Gasteiger partial charge on any atom is 0.238 e. The first-order valence-corrected chi connectivity index (χ1v) is 11.6. The van der Waals surface area contributed by atoms with Crippen molar-refractivity contribution in [2.45, 2.75) is 6.92 Å². The number of amides is 2. The van der Waals surface area contributed by atoms with E-state index in [-0.39, 0.29) is 29.4 Å². The van der Waals surface area contributed by atoms with Gasteiger partial charge in [0, 0.05) is 17.4 Å². The molecule has 1 saturated heterocycles. The number of benzene rings is 3. The van der Waals surface area contributed by atoms with Crippen molar-refractivity contribution < 1.29 is 14.4 Å². The van der Waals surface area contributed by atoms with Gasteiger partial charge >= 0.3 is 0 Å². The summed E-state index contributed by atoms with van der Waals surface area (Å²) in [6, 6.07) is 27.2. The van der Waals surface area contributed by atoms with Crippen LogP contribution in [0.3, 0.4) is 0 Å². The number of Topliss-reactive ketones (excluding diaryl/α,β-unsaturated/α-hetero) is 1. The van der Waals surface area contributed by atoms with Gasteiger partial charge in [0.05, 0.1) is 17.5 Å². The molecule has 3 aromatic rings. The summed E-state index contributed by atoms with van der Waals surface area (Å²) >= 11 is 0. The molecular weight excluding hydrogens is 422 g/mol. The zero-order valence-electron chi connectivity index (χ0n) is 18.7.